The van der Waals surface area contributed by atoms with Crippen molar-refractivity contribution in [3.63, 3.8) is 0 Å². The van der Waals surface area contributed by atoms with Crippen LogP contribution in [0.3, 0.4) is 0 Å². The van der Waals surface area contributed by atoms with E-state index in [0.717, 1.165) is 24.2 Å². The zero-order valence-electron chi connectivity index (χ0n) is 14.3. The first-order chi connectivity index (χ1) is 8.99. The first kappa shape index (κ1) is 19.0. The SMILES string of the molecule is CCC(C)CCCC(C)CCCC(C)CC(N)CC. The minimum atomic E-state index is 0.419. The average molecular weight is 270 g/mol. The fourth-order valence-electron chi connectivity index (χ4n) is 2.78. The fourth-order valence-corrected chi connectivity index (χ4v) is 2.78. The summed E-state index contributed by atoms with van der Waals surface area (Å²) in [4.78, 5) is 0. The predicted octanol–water partition coefficient (Wildman–Crippen LogP) is 5.77. The molecule has 0 aliphatic heterocycles. The predicted molar refractivity (Wildman–Crippen MR) is 88.4 cm³/mol. The summed E-state index contributed by atoms with van der Waals surface area (Å²) in [5, 5.41) is 0. The first-order valence-electron chi connectivity index (χ1n) is 8.75. The van der Waals surface area contributed by atoms with Gasteiger partial charge in [-0.05, 0) is 30.6 Å². The van der Waals surface area contributed by atoms with E-state index in [9.17, 15) is 0 Å². The Kier molecular flexibility index (Phi) is 11.7. The van der Waals surface area contributed by atoms with Crippen LogP contribution in [0.25, 0.3) is 0 Å². The van der Waals surface area contributed by atoms with Crippen LogP contribution in [0.4, 0.5) is 0 Å². The van der Waals surface area contributed by atoms with Gasteiger partial charge in [0.1, 0.15) is 0 Å². The van der Waals surface area contributed by atoms with Crippen molar-refractivity contribution < 1.29 is 0 Å². The molecule has 4 atom stereocenters. The van der Waals surface area contributed by atoms with Gasteiger partial charge in [0.2, 0.25) is 0 Å². The van der Waals surface area contributed by atoms with Gasteiger partial charge in [-0.25, -0.2) is 0 Å². The largest absolute Gasteiger partial charge is 0.328 e. The lowest BCUT2D eigenvalue weighted by Gasteiger charge is -2.17. The van der Waals surface area contributed by atoms with Crippen LogP contribution in [0.2, 0.25) is 0 Å². The van der Waals surface area contributed by atoms with Crippen LogP contribution < -0.4 is 5.73 Å². The minimum absolute atomic E-state index is 0.419. The van der Waals surface area contributed by atoms with Gasteiger partial charge < -0.3 is 5.73 Å². The van der Waals surface area contributed by atoms with E-state index in [1.165, 1.54) is 51.4 Å². The highest BCUT2D eigenvalue weighted by Gasteiger charge is 2.09. The van der Waals surface area contributed by atoms with Crippen LogP contribution in [-0.4, -0.2) is 6.04 Å². The lowest BCUT2D eigenvalue weighted by molar-refractivity contribution is 0.372. The highest BCUT2D eigenvalue weighted by molar-refractivity contribution is 4.65. The third-order valence-corrected chi connectivity index (χ3v) is 4.71. The monoisotopic (exact) mass is 269 g/mol. The summed E-state index contributed by atoms with van der Waals surface area (Å²) in [6, 6.07) is 0.419. The Hall–Kier alpha value is -0.0400. The smallest absolute Gasteiger partial charge is 0.00387 e. The summed E-state index contributed by atoms with van der Waals surface area (Å²) < 4.78 is 0. The van der Waals surface area contributed by atoms with Crippen molar-refractivity contribution >= 4 is 0 Å². The molecule has 4 unspecified atom stereocenters. The Morgan fingerprint density at radius 3 is 1.63 bits per heavy atom. The van der Waals surface area contributed by atoms with Gasteiger partial charge in [-0.2, -0.15) is 0 Å². The maximum atomic E-state index is 6.01. The number of hydrogen-bond acceptors (Lipinski definition) is 1. The maximum absolute atomic E-state index is 6.01. The van der Waals surface area contributed by atoms with Gasteiger partial charge in [-0.15, -0.1) is 0 Å². The van der Waals surface area contributed by atoms with Crippen LogP contribution in [0.1, 0.15) is 92.4 Å². The topological polar surface area (TPSA) is 26.0 Å². The lowest BCUT2D eigenvalue weighted by Crippen LogP contribution is -2.21. The summed E-state index contributed by atoms with van der Waals surface area (Å²) in [5.74, 6) is 2.64. The molecule has 0 amide bonds. The molecule has 19 heavy (non-hydrogen) atoms. The highest BCUT2D eigenvalue weighted by atomic mass is 14.6. The third kappa shape index (κ3) is 11.5. The Bertz CT molecular complexity index is 190. The van der Waals surface area contributed by atoms with Crippen molar-refractivity contribution in [2.75, 3.05) is 0 Å². The molecule has 2 N–H and O–H groups in total. The molecule has 0 aromatic rings. The zero-order chi connectivity index (χ0) is 14.7. The quantitative estimate of drug-likeness (QED) is 0.478. The second-order valence-corrected chi connectivity index (χ2v) is 6.99. The normalized spacial score (nSPS) is 18.0. The molecule has 0 rings (SSSR count). The van der Waals surface area contributed by atoms with Crippen molar-refractivity contribution in [2.45, 2.75) is 98.4 Å². The van der Waals surface area contributed by atoms with Gasteiger partial charge in [-0.3, -0.25) is 0 Å². The molecule has 1 heteroatoms. The molecule has 1 nitrogen and oxygen atoms in total. The van der Waals surface area contributed by atoms with E-state index in [2.05, 4.69) is 34.6 Å². The molecule has 0 heterocycles. The van der Waals surface area contributed by atoms with Crippen molar-refractivity contribution in [1.82, 2.24) is 0 Å². The summed E-state index contributed by atoms with van der Waals surface area (Å²) >= 11 is 0. The molecule has 0 bridgehead atoms. The summed E-state index contributed by atoms with van der Waals surface area (Å²) in [6.45, 7) is 11.7. The van der Waals surface area contributed by atoms with Gasteiger partial charge in [0.25, 0.3) is 0 Å². The number of rotatable bonds is 12. The lowest BCUT2D eigenvalue weighted by atomic mass is 9.90. The maximum Gasteiger partial charge on any atom is 0.00387 e. The summed E-state index contributed by atoms with van der Waals surface area (Å²) in [6.07, 6.45) is 12.1. The van der Waals surface area contributed by atoms with Crippen molar-refractivity contribution in [2.24, 2.45) is 23.5 Å². The molecule has 0 fully saturated rings. The molecule has 0 saturated carbocycles. The number of hydrogen-bond donors (Lipinski definition) is 1. The van der Waals surface area contributed by atoms with Gasteiger partial charge in [-0.1, -0.05) is 79.6 Å². The number of nitrogens with two attached hydrogens (primary N) is 1. The summed E-state index contributed by atoms with van der Waals surface area (Å²) in [7, 11) is 0. The molecule has 0 radical (unpaired) electrons. The first-order valence-corrected chi connectivity index (χ1v) is 8.75. The Morgan fingerprint density at radius 1 is 0.684 bits per heavy atom. The van der Waals surface area contributed by atoms with Crippen LogP contribution in [0, 0.1) is 17.8 Å². The summed E-state index contributed by atoms with van der Waals surface area (Å²) in [5.41, 5.74) is 6.01. The van der Waals surface area contributed by atoms with Crippen molar-refractivity contribution in [1.29, 1.82) is 0 Å². The van der Waals surface area contributed by atoms with Crippen LogP contribution in [0.5, 0.6) is 0 Å². The molecule has 0 saturated heterocycles. The second-order valence-electron chi connectivity index (χ2n) is 6.99. The van der Waals surface area contributed by atoms with E-state index in [0.29, 0.717) is 6.04 Å². The van der Waals surface area contributed by atoms with E-state index >= 15 is 0 Å². The molecular formula is C18H39N. The van der Waals surface area contributed by atoms with Gasteiger partial charge >= 0.3 is 0 Å². The molecule has 0 aromatic heterocycles. The van der Waals surface area contributed by atoms with Crippen LogP contribution in [0.15, 0.2) is 0 Å². The molecule has 0 aliphatic carbocycles. The highest BCUT2D eigenvalue weighted by Crippen LogP contribution is 2.21. The van der Waals surface area contributed by atoms with E-state index in [-0.39, 0.29) is 0 Å². The van der Waals surface area contributed by atoms with Crippen LogP contribution >= 0.6 is 0 Å². The fraction of sp³-hybridized carbons (Fsp3) is 1.00. The Balaban J connectivity index is 3.49. The van der Waals surface area contributed by atoms with Gasteiger partial charge in [0, 0.05) is 6.04 Å². The van der Waals surface area contributed by atoms with E-state index in [4.69, 9.17) is 5.73 Å². The molecule has 0 spiro atoms. The zero-order valence-corrected chi connectivity index (χ0v) is 14.3. The van der Waals surface area contributed by atoms with E-state index in [1.54, 1.807) is 0 Å². The Labute approximate surface area is 122 Å². The van der Waals surface area contributed by atoms with Crippen molar-refractivity contribution in [3.8, 4) is 0 Å². The Morgan fingerprint density at radius 2 is 1.16 bits per heavy atom. The molecular weight excluding hydrogens is 230 g/mol. The van der Waals surface area contributed by atoms with Crippen LogP contribution in [-0.2, 0) is 0 Å². The third-order valence-electron chi connectivity index (χ3n) is 4.71. The molecule has 0 aromatic carbocycles. The average Bonchev–Trinajstić information content (AvgIpc) is 2.38. The minimum Gasteiger partial charge on any atom is -0.328 e. The standard InChI is InChI=1S/C18H39N/c1-6-15(3)10-8-11-16(4)12-9-13-17(5)14-18(19)7-2/h15-18H,6-14,19H2,1-5H3. The van der Waals surface area contributed by atoms with Gasteiger partial charge in [0.05, 0.1) is 0 Å². The van der Waals surface area contributed by atoms with E-state index in [1.807, 2.05) is 0 Å². The van der Waals surface area contributed by atoms with E-state index < -0.39 is 0 Å². The van der Waals surface area contributed by atoms with Gasteiger partial charge in [0.15, 0.2) is 0 Å². The second kappa shape index (κ2) is 11.8. The van der Waals surface area contributed by atoms with Crippen molar-refractivity contribution in [3.05, 3.63) is 0 Å². The molecule has 116 valence electrons. The molecule has 0 aliphatic rings.